The van der Waals surface area contributed by atoms with E-state index in [9.17, 15) is 4.79 Å². The zero-order chi connectivity index (χ0) is 16.9. The Labute approximate surface area is 139 Å². The van der Waals surface area contributed by atoms with Crippen molar-refractivity contribution in [2.24, 2.45) is 0 Å². The van der Waals surface area contributed by atoms with E-state index >= 15 is 0 Å². The summed E-state index contributed by atoms with van der Waals surface area (Å²) in [5.74, 6) is 2.16. The summed E-state index contributed by atoms with van der Waals surface area (Å²) in [4.78, 5) is 16.4. The Morgan fingerprint density at radius 1 is 1.38 bits per heavy atom. The number of nitrogens with zero attached hydrogens (tertiary/aromatic N) is 3. The smallest absolute Gasteiger partial charge is 0.273 e. The summed E-state index contributed by atoms with van der Waals surface area (Å²) in [5, 5.41) is 6.62. The summed E-state index contributed by atoms with van der Waals surface area (Å²) >= 11 is 0. The molecule has 0 fully saturated rings. The second-order valence-corrected chi connectivity index (χ2v) is 5.80. The van der Waals surface area contributed by atoms with Crippen molar-refractivity contribution in [3.05, 3.63) is 48.4 Å². The Bertz CT molecular complexity index is 786. The average Bonchev–Trinajstić information content (AvgIpc) is 3.31. The molecule has 0 aliphatic rings. The van der Waals surface area contributed by atoms with E-state index in [1.54, 1.807) is 30.7 Å². The minimum Gasteiger partial charge on any atom is -0.461 e. The maximum absolute atomic E-state index is 12.1. The first kappa shape index (κ1) is 16.0. The number of hydrogen-bond acceptors (Lipinski definition) is 5. The summed E-state index contributed by atoms with van der Waals surface area (Å²) in [6, 6.07) is 5.07. The molecule has 1 N–H and O–H groups in total. The average molecular weight is 328 g/mol. The molecule has 24 heavy (non-hydrogen) atoms. The number of carbonyl (C=O) groups excluding carboxylic acids is 1. The number of imidazole rings is 1. The molecular weight excluding hydrogens is 308 g/mol. The molecule has 0 aliphatic carbocycles. The lowest BCUT2D eigenvalue weighted by atomic mass is 10.2. The normalized spacial score (nSPS) is 11.1. The minimum absolute atomic E-state index is 0.243. The van der Waals surface area contributed by atoms with Gasteiger partial charge in [0.15, 0.2) is 11.5 Å². The lowest BCUT2D eigenvalue weighted by molar-refractivity contribution is 0.0943. The SMILES string of the molecule is CC(C)c1nccn1CCCNC(=O)c1cc(-c2ccco2)on1. The lowest BCUT2D eigenvalue weighted by Crippen LogP contribution is -2.25. The van der Waals surface area contributed by atoms with Crippen LogP contribution in [0, 0.1) is 0 Å². The minimum atomic E-state index is -0.258. The topological polar surface area (TPSA) is 86.1 Å². The van der Waals surface area contributed by atoms with Crippen LogP contribution in [0.1, 0.15) is 42.5 Å². The molecule has 3 aromatic rings. The number of carbonyl (C=O) groups is 1. The number of furan rings is 1. The molecule has 126 valence electrons. The van der Waals surface area contributed by atoms with Gasteiger partial charge in [-0.15, -0.1) is 0 Å². The highest BCUT2D eigenvalue weighted by atomic mass is 16.5. The number of nitrogens with one attached hydrogen (secondary N) is 1. The summed E-state index contributed by atoms with van der Waals surface area (Å²) < 4.78 is 12.4. The molecule has 0 aromatic carbocycles. The van der Waals surface area contributed by atoms with E-state index in [4.69, 9.17) is 8.94 Å². The van der Waals surface area contributed by atoms with E-state index in [2.05, 4.69) is 33.9 Å². The van der Waals surface area contributed by atoms with E-state index in [1.807, 2.05) is 6.20 Å². The van der Waals surface area contributed by atoms with Gasteiger partial charge >= 0.3 is 0 Å². The van der Waals surface area contributed by atoms with Crippen LogP contribution in [-0.4, -0.2) is 27.2 Å². The number of aromatic nitrogens is 3. The molecule has 0 bridgehead atoms. The van der Waals surface area contributed by atoms with Crippen LogP contribution in [0.3, 0.4) is 0 Å². The number of hydrogen-bond donors (Lipinski definition) is 1. The van der Waals surface area contributed by atoms with Gasteiger partial charge in [0, 0.05) is 37.5 Å². The van der Waals surface area contributed by atoms with E-state index in [0.29, 0.717) is 24.0 Å². The quantitative estimate of drug-likeness (QED) is 0.674. The zero-order valence-electron chi connectivity index (χ0n) is 13.7. The highest BCUT2D eigenvalue weighted by Crippen LogP contribution is 2.20. The molecule has 3 heterocycles. The fourth-order valence-electron chi connectivity index (χ4n) is 2.47. The zero-order valence-corrected chi connectivity index (χ0v) is 13.7. The van der Waals surface area contributed by atoms with E-state index < -0.39 is 0 Å². The summed E-state index contributed by atoms with van der Waals surface area (Å²) in [7, 11) is 0. The Morgan fingerprint density at radius 3 is 3.00 bits per heavy atom. The summed E-state index contributed by atoms with van der Waals surface area (Å²) in [6.45, 7) is 5.59. The van der Waals surface area contributed by atoms with Gasteiger partial charge in [-0.2, -0.15) is 0 Å². The molecule has 1 amide bonds. The van der Waals surface area contributed by atoms with Crippen molar-refractivity contribution < 1.29 is 13.7 Å². The summed E-state index contributed by atoms with van der Waals surface area (Å²) in [6.07, 6.45) is 6.12. The fourth-order valence-corrected chi connectivity index (χ4v) is 2.47. The van der Waals surface area contributed by atoms with Crippen LogP contribution < -0.4 is 5.32 Å². The highest BCUT2D eigenvalue weighted by Gasteiger charge is 2.14. The van der Waals surface area contributed by atoms with Gasteiger partial charge in [-0.1, -0.05) is 19.0 Å². The Kier molecular flexibility index (Phi) is 4.79. The van der Waals surface area contributed by atoms with Crippen LogP contribution in [-0.2, 0) is 6.54 Å². The standard InChI is InChI=1S/C17H20N4O3/c1-12(2)16-18-7-9-21(16)8-4-6-19-17(22)13-11-15(24-20-13)14-5-3-10-23-14/h3,5,7,9-12H,4,6,8H2,1-2H3,(H,19,22). The maximum Gasteiger partial charge on any atom is 0.273 e. The first-order valence-corrected chi connectivity index (χ1v) is 7.95. The van der Waals surface area contributed by atoms with E-state index in [-0.39, 0.29) is 11.6 Å². The molecule has 0 unspecified atom stereocenters. The van der Waals surface area contributed by atoms with Gasteiger partial charge in [0.05, 0.1) is 6.26 Å². The van der Waals surface area contributed by atoms with Crippen molar-refractivity contribution in [2.75, 3.05) is 6.54 Å². The molecule has 0 saturated heterocycles. The third kappa shape index (κ3) is 3.56. The summed E-state index contributed by atoms with van der Waals surface area (Å²) in [5.41, 5.74) is 0.243. The Hall–Kier alpha value is -2.83. The fraction of sp³-hybridized carbons (Fsp3) is 0.353. The monoisotopic (exact) mass is 328 g/mol. The van der Waals surface area contributed by atoms with Gasteiger partial charge in [-0.3, -0.25) is 4.79 Å². The van der Waals surface area contributed by atoms with Gasteiger partial charge in [0.1, 0.15) is 5.82 Å². The third-order valence-corrected chi connectivity index (χ3v) is 3.63. The molecule has 0 aliphatic heterocycles. The number of aryl methyl sites for hydroxylation is 1. The van der Waals surface area contributed by atoms with Crippen LogP contribution in [0.5, 0.6) is 0 Å². The first-order chi connectivity index (χ1) is 11.6. The van der Waals surface area contributed by atoms with Crippen LogP contribution in [0.25, 0.3) is 11.5 Å². The van der Waals surface area contributed by atoms with Gasteiger partial charge < -0.3 is 18.8 Å². The lowest BCUT2D eigenvalue weighted by Gasteiger charge is -2.10. The van der Waals surface area contributed by atoms with Gasteiger partial charge in [0.2, 0.25) is 5.76 Å². The Balaban J connectivity index is 1.48. The van der Waals surface area contributed by atoms with Crippen molar-refractivity contribution in [3.63, 3.8) is 0 Å². The molecule has 0 radical (unpaired) electrons. The van der Waals surface area contributed by atoms with Gasteiger partial charge in [-0.25, -0.2) is 4.98 Å². The van der Waals surface area contributed by atoms with Crippen molar-refractivity contribution >= 4 is 5.91 Å². The second kappa shape index (κ2) is 7.16. The molecule has 0 atom stereocenters. The van der Waals surface area contributed by atoms with Crippen LogP contribution in [0.4, 0.5) is 0 Å². The van der Waals surface area contributed by atoms with Crippen molar-refractivity contribution in [1.29, 1.82) is 0 Å². The molecule has 3 rings (SSSR count). The highest BCUT2D eigenvalue weighted by molar-refractivity contribution is 5.92. The third-order valence-electron chi connectivity index (χ3n) is 3.63. The maximum atomic E-state index is 12.1. The van der Waals surface area contributed by atoms with Crippen LogP contribution >= 0.6 is 0 Å². The predicted octanol–water partition coefficient (Wildman–Crippen LogP) is 3.07. The Morgan fingerprint density at radius 2 is 2.25 bits per heavy atom. The molecule has 0 spiro atoms. The van der Waals surface area contributed by atoms with Crippen molar-refractivity contribution in [2.45, 2.75) is 32.7 Å². The molecule has 7 nitrogen and oxygen atoms in total. The molecule has 3 aromatic heterocycles. The van der Waals surface area contributed by atoms with Crippen LogP contribution in [0.15, 0.2) is 45.8 Å². The van der Waals surface area contributed by atoms with Crippen molar-refractivity contribution in [3.8, 4) is 11.5 Å². The molecular formula is C17H20N4O3. The molecule has 7 heteroatoms. The number of rotatable bonds is 7. The van der Waals surface area contributed by atoms with E-state index in [1.165, 1.54) is 0 Å². The van der Waals surface area contributed by atoms with E-state index in [0.717, 1.165) is 18.8 Å². The largest absolute Gasteiger partial charge is 0.461 e. The van der Waals surface area contributed by atoms with Gasteiger partial charge in [0.25, 0.3) is 5.91 Å². The number of amides is 1. The molecule has 0 saturated carbocycles. The van der Waals surface area contributed by atoms with Gasteiger partial charge in [-0.05, 0) is 18.6 Å². The predicted molar refractivity (Wildman–Crippen MR) is 87.5 cm³/mol. The second-order valence-electron chi connectivity index (χ2n) is 5.80. The first-order valence-electron chi connectivity index (χ1n) is 7.95. The van der Waals surface area contributed by atoms with Crippen LogP contribution in [0.2, 0.25) is 0 Å². The van der Waals surface area contributed by atoms with Crippen molar-refractivity contribution in [1.82, 2.24) is 20.0 Å².